The normalized spacial score (nSPS) is 16.7. The van der Waals surface area contributed by atoms with Crippen LogP contribution in [-0.2, 0) is 17.4 Å². The summed E-state index contributed by atoms with van der Waals surface area (Å²) in [5, 5.41) is 5.31. The third-order valence-corrected chi connectivity index (χ3v) is 28.9. The van der Waals surface area contributed by atoms with Gasteiger partial charge in [-0.2, -0.15) is 0 Å². The predicted octanol–water partition coefficient (Wildman–Crippen LogP) is 13.7. The summed E-state index contributed by atoms with van der Waals surface area (Å²) in [5.74, 6) is 0. The molecule has 2 atom stereocenters. The van der Waals surface area contributed by atoms with Crippen molar-refractivity contribution < 1.29 is 17.4 Å². The summed E-state index contributed by atoms with van der Waals surface area (Å²) in [6.07, 6.45) is 9.97. The number of fused-ring (bicyclic) bond motifs is 4. The minimum absolute atomic E-state index is 0. The Labute approximate surface area is 313 Å². The van der Waals surface area contributed by atoms with Crippen LogP contribution in [0.3, 0.4) is 0 Å². The van der Waals surface area contributed by atoms with Crippen molar-refractivity contribution in [2.24, 2.45) is 0 Å². The molecule has 2 unspecified atom stereocenters. The zero-order valence-corrected chi connectivity index (χ0v) is 35.2. The Morgan fingerprint density at radius 2 is 0.840 bits per heavy atom. The minimum Gasteiger partial charge on any atom is -0.147 e. The zero-order valence-electron chi connectivity index (χ0n) is 29.7. The van der Waals surface area contributed by atoms with Gasteiger partial charge in [-0.1, -0.05) is 0 Å². The van der Waals surface area contributed by atoms with E-state index in [4.69, 9.17) is 0 Å². The number of hydrogen-bond acceptors (Lipinski definition) is 0. The van der Waals surface area contributed by atoms with E-state index in [1.807, 2.05) is 0 Å². The molecule has 0 aliphatic heterocycles. The van der Waals surface area contributed by atoms with Gasteiger partial charge in [-0.25, -0.2) is 0 Å². The van der Waals surface area contributed by atoms with Crippen molar-refractivity contribution in [3.63, 3.8) is 0 Å². The molecule has 2 aliphatic rings. The van der Waals surface area contributed by atoms with Crippen molar-refractivity contribution in [2.75, 3.05) is 0 Å². The van der Waals surface area contributed by atoms with Gasteiger partial charge < -0.3 is 0 Å². The van der Waals surface area contributed by atoms with Crippen molar-refractivity contribution in [3.05, 3.63) is 155 Å². The smallest absolute Gasteiger partial charge is 0.147 e. The molecule has 0 amide bonds. The van der Waals surface area contributed by atoms with Crippen LogP contribution in [0.25, 0.3) is 56.0 Å². The van der Waals surface area contributed by atoms with E-state index in [1.54, 1.807) is 22.3 Å². The Balaban J connectivity index is 0.00000216. The maximum atomic E-state index is 2.81. The quantitative estimate of drug-likeness (QED) is 0.135. The first-order valence-corrected chi connectivity index (χ1v) is 31.7. The summed E-state index contributed by atoms with van der Waals surface area (Å²) in [4.78, 5) is 0. The minimum atomic E-state index is -3.75. The summed E-state index contributed by atoms with van der Waals surface area (Å²) in [5.41, 5.74) is 15.0. The summed E-state index contributed by atoms with van der Waals surface area (Å²) in [6, 6.07) is 45.8. The molecular weight excluding hydrogens is 743 g/mol. The van der Waals surface area contributed by atoms with E-state index in [0.717, 1.165) is 0 Å². The van der Waals surface area contributed by atoms with Crippen LogP contribution in [0.2, 0.25) is 9.26 Å². The third kappa shape index (κ3) is 5.95. The topological polar surface area (TPSA) is 0 Å². The molecule has 0 heterocycles. The summed E-state index contributed by atoms with van der Waals surface area (Å²) in [6.45, 7) is 7.22. The molecule has 0 spiro atoms. The molecule has 6 aromatic carbocycles. The van der Waals surface area contributed by atoms with E-state index < -0.39 is 17.4 Å². The van der Waals surface area contributed by atoms with E-state index in [-0.39, 0.29) is 24.8 Å². The average Bonchev–Trinajstić information content (AvgIpc) is 3.68. The molecular formula is C46H48Cl2SiZr. The summed E-state index contributed by atoms with van der Waals surface area (Å²) < 4.78 is 6.65. The van der Waals surface area contributed by atoms with Gasteiger partial charge in [0, 0.05) is 0 Å². The molecule has 6 aromatic rings. The third-order valence-electron chi connectivity index (χ3n) is 11.4. The molecule has 0 fully saturated rings. The maximum Gasteiger partial charge on any atom is -0.147 e. The summed E-state index contributed by atoms with van der Waals surface area (Å²) >= 11 is -3.75. The number of benzene rings is 6. The van der Waals surface area contributed by atoms with Crippen molar-refractivity contribution in [1.29, 1.82) is 0 Å². The maximum absolute atomic E-state index is 3.75. The number of allylic oxidation sites excluding steroid dienone is 2. The first kappa shape index (κ1) is 36.8. The molecule has 50 heavy (non-hydrogen) atoms. The van der Waals surface area contributed by atoms with Gasteiger partial charge in [-0.3, -0.25) is 0 Å². The second-order valence-electron chi connectivity index (χ2n) is 15.4. The largest absolute Gasteiger partial charge is 0.147 e. The van der Waals surface area contributed by atoms with Crippen LogP contribution in [-0.4, -0.2) is 6.88 Å². The first-order chi connectivity index (χ1) is 23.3. The number of rotatable bonds is 8. The molecule has 0 radical (unpaired) electrons. The molecule has 0 saturated carbocycles. The molecule has 4 heteroatoms. The van der Waals surface area contributed by atoms with Crippen molar-refractivity contribution in [1.82, 2.24) is 0 Å². The predicted molar refractivity (Wildman–Crippen MR) is 225 cm³/mol. The fraction of sp³-hybridized carbons (Fsp3) is 0.217. The molecule has 0 nitrogen and oxygen atoms in total. The molecule has 0 bridgehead atoms. The molecule has 0 saturated heterocycles. The van der Waals surface area contributed by atoms with Gasteiger partial charge in [0.15, 0.2) is 0 Å². The molecule has 8 rings (SSSR count). The SMILES string of the molecule is CCCC1=Cc2c(-c3cccc4ccccc34)cccc2[CH]1[Zr]([CH3])([CH3])(=[SiH2])[CH]1C(CCC)=Cc2c(-c3cccc4ccccc34)cccc21.Cl.Cl. The van der Waals surface area contributed by atoms with Crippen LogP contribution in [0.4, 0.5) is 0 Å². The molecule has 254 valence electrons. The van der Waals surface area contributed by atoms with E-state index in [0.29, 0.717) is 7.25 Å². The average molecular weight is 791 g/mol. The standard InChI is InChI=1S/2C22H19.2CH3.2ClH.H2Si.Zr/c2*1-2-7-16-14-18-10-6-13-21(22(18)15-16)20-12-5-9-17-8-3-4-11-19(17)20;;;;;;/h2*3-6,8-15H,2,7H2,1H3;2*1H3;2*1H;1H2;. The Kier molecular flexibility index (Phi) is 10.4. The van der Waals surface area contributed by atoms with Gasteiger partial charge in [0.05, 0.1) is 0 Å². The Morgan fingerprint density at radius 1 is 0.480 bits per heavy atom. The van der Waals surface area contributed by atoms with E-state index >= 15 is 0 Å². The van der Waals surface area contributed by atoms with Gasteiger partial charge in [0.1, 0.15) is 0 Å². The Bertz CT molecular complexity index is 2200. The van der Waals surface area contributed by atoms with Crippen molar-refractivity contribution in [2.45, 2.75) is 56.0 Å². The van der Waals surface area contributed by atoms with Crippen LogP contribution in [0.5, 0.6) is 0 Å². The van der Waals surface area contributed by atoms with Crippen LogP contribution in [0.1, 0.15) is 69.0 Å². The zero-order chi connectivity index (χ0) is 33.1. The second kappa shape index (κ2) is 14.2. The van der Waals surface area contributed by atoms with Crippen LogP contribution in [0, 0.1) is 0 Å². The van der Waals surface area contributed by atoms with Gasteiger partial charge in [0.25, 0.3) is 0 Å². The first-order valence-electron chi connectivity index (χ1n) is 18.0. The van der Waals surface area contributed by atoms with Gasteiger partial charge in [-0.15, -0.1) is 24.8 Å². The number of hydrogen-bond donors (Lipinski definition) is 0. The van der Waals surface area contributed by atoms with E-state index in [1.165, 1.54) is 80.6 Å². The van der Waals surface area contributed by atoms with Gasteiger partial charge in [0.2, 0.25) is 0 Å². The Morgan fingerprint density at radius 3 is 1.26 bits per heavy atom. The van der Waals surface area contributed by atoms with Gasteiger partial charge in [-0.05, 0) is 0 Å². The van der Waals surface area contributed by atoms with Crippen molar-refractivity contribution >= 4 is 65.4 Å². The fourth-order valence-electron chi connectivity index (χ4n) is 9.74. The van der Waals surface area contributed by atoms with Crippen LogP contribution in [0.15, 0.2) is 132 Å². The van der Waals surface area contributed by atoms with E-state index in [2.05, 4.69) is 163 Å². The van der Waals surface area contributed by atoms with Gasteiger partial charge >= 0.3 is 291 Å². The molecule has 0 aromatic heterocycles. The van der Waals surface area contributed by atoms with E-state index in [9.17, 15) is 0 Å². The Hall–Kier alpha value is -3.00. The monoisotopic (exact) mass is 788 g/mol. The fourth-order valence-corrected chi connectivity index (χ4v) is 29.6. The van der Waals surface area contributed by atoms with Crippen LogP contribution < -0.4 is 0 Å². The number of halogens is 2. The van der Waals surface area contributed by atoms with Crippen molar-refractivity contribution in [3.8, 4) is 22.3 Å². The summed E-state index contributed by atoms with van der Waals surface area (Å²) in [7, 11) is 0. The molecule has 2 aliphatic carbocycles. The van der Waals surface area contributed by atoms with Crippen LogP contribution >= 0.6 is 24.8 Å². The molecule has 0 N–H and O–H groups in total. The second-order valence-corrected chi connectivity index (χ2v) is 45.9.